The van der Waals surface area contributed by atoms with Crippen molar-refractivity contribution in [3.05, 3.63) is 0 Å². The quantitative estimate of drug-likeness (QED) is 0.510. The predicted molar refractivity (Wildman–Crippen MR) is 20.8 cm³/mol. The molecule has 8 heavy (non-hydrogen) atoms. The van der Waals surface area contributed by atoms with Gasteiger partial charge in [0.15, 0.2) is 0 Å². The van der Waals surface area contributed by atoms with E-state index < -0.39 is 9.05 Å². The van der Waals surface area contributed by atoms with Crippen LogP contribution in [-0.2, 0) is 87.4 Å². The SMILES string of the molecule is O=S(O)(O)=S.[Ag].[Ag].[Ag]. The zero-order chi connectivity index (χ0) is 4.50. The standard InChI is InChI=1S/3Ag.H2O3S2/c;;;1-5(2,3)4/h;;;(H2,1,2,3,4). The van der Waals surface area contributed by atoms with Gasteiger partial charge in [0.1, 0.15) is 0 Å². The summed E-state index contributed by atoms with van der Waals surface area (Å²) in [7, 11) is -3.83. The molecule has 0 amide bonds. The molecule has 0 atom stereocenters. The van der Waals surface area contributed by atoms with Crippen LogP contribution >= 0.6 is 0 Å². The first-order valence-corrected chi connectivity index (χ1v) is 3.10. The molecule has 0 aliphatic rings. The maximum atomic E-state index is 9.11. The second kappa shape index (κ2) is 9.51. The number of hydrogen-bond donors (Lipinski definition) is 2. The molecular formula is H2Ag3O3S2. The zero-order valence-corrected chi connectivity index (χ0v) is 9.10. The summed E-state index contributed by atoms with van der Waals surface area (Å²) in [5, 5.41) is 0. The molecule has 0 spiro atoms. The Labute approximate surface area is 99.2 Å². The van der Waals surface area contributed by atoms with E-state index in [-0.39, 0.29) is 67.1 Å². The van der Waals surface area contributed by atoms with E-state index >= 15 is 0 Å². The summed E-state index contributed by atoms with van der Waals surface area (Å²) >= 11 is 3.47. The molecule has 0 aromatic carbocycles. The van der Waals surface area contributed by atoms with Crippen molar-refractivity contribution >= 4 is 20.2 Å². The second-order valence-electron chi connectivity index (χ2n) is 0.448. The van der Waals surface area contributed by atoms with Gasteiger partial charge < -0.3 is 0 Å². The van der Waals surface area contributed by atoms with E-state index in [1.165, 1.54) is 0 Å². The summed E-state index contributed by atoms with van der Waals surface area (Å²) in [6.45, 7) is 0. The summed E-state index contributed by atoms with van der Waals surface area (Å²) in [6.07, 6.45) is 0. The zero-order valence-electron chi connectivity index (χ0n) is 3.02. The fourth-order valence-electron chi connectivity index (χ4n) is 0. The Morgan fingerprint density at radius 3 is 1.12 bits per heavy atom. The summed E-state index contributed by atoms with van der Waals surface area (Å²) < 4.78 is 24.0. The molecule has 0 fully saturated rings. The van der Waals surface area contributed by atoms with Gasteiger partial charge in [-0.1, -0.05) is 0 Å². The van der Waals surface area contributed by atoms with Crippen LogP contribution in [0.2, 0.25) is 0 Å². The number of hydrogen-bond acceptors (Lipinski definition) is 2. The molecule has 0 bridgehead atoms. The third-order valence-electron chi connectivity index (χ3n) is 0. The third kappa shape index (κ3) is 76.2. The fourth-order valence-corrected chi connectivity index (χ4v) is 0. The van der Waals surface area contributed by atoms with Crippen molar-refractivity contribution in [2.45, 2.75) is 0 Å². The Morgan fingerprint density at radius 1 is 1.12 bits per heavy atom. The Hall–Kier alpha value is 2.51. The van der Waals surface area contributed by atoms with Crippen LogP contribution in [-0.4, -0.2) is 13.3 Å². The molecule has 8 heteroatoms. The minimum Gasteiger partial charge on any atom is -0.285 e. The summed E-state index contributed by atoms with van der Waals surface area (Å²) in [5.74, 6) is 0. The van der Waals surface area contributed by atoms with E-state index in [1.807, 2.05) is 0 Å². The van der Waals surface area contributed by atoms with E-state index in [9.17, 15) is 0 Å². The van der Waals surface area contributed by atoms with Crippen LogP contribution in [0.4, 0.5) is 0 Å². The van der Waals surface area contributed by atoms with Gasteiger partial charge in [0.05, 0.1) is 0 Å². The normalized spacial score (nSPS) is 7.25. The van der Waals surface area contributed by atoms with Crippen molar-refractivity contribution in [1.82, 2.24) is 0 Å². The summed E-state index contributed by atoms with van der Waals surface area (Å²) in [4.78, 5) is 0. The predicted octanol–water partition coefficient (Wildman–Crippen LogP) is -0.329. The van der Waals surface area contributed by atoms with Gasteiger partial charge >= 0.3 is 0 Å². The second-order valence-corrected chi connectivity index (χ2v) is 2.65. The van der Waals surface area contributed by atoms with Gasteiger partial charge in [0.2, 0.25) is 0 Å². The Bertz CT molecular complexity index is 95.7. The molecule has 2 N–H and O–H groups in total. The first-order chi connectivity index (χ1) is 2.00. The monoisotopic (exact) mass is 435 g/mol. The summed E-state index contributed by atoms with van der Waals surface area (Å²) in [6, 6.07) is 0. The molecule has 0 heterocycles. The van der Waals surface area contributed by atoms with E-state index in [2.05, 4.69) is 11.2 Å². The molecule has 3 radical (unpaired) electrons. The van der Waals surface area contributed by atoms with Crippen molar-refractivity contribution in [3.8, 4) is 0 Å². The van der Waals surface area contributed by atoms with Crippen molar-refractivity contribution < 1.29 is 80.5 Å². The van der Waals surface area contributed by atoms with Crippen LogP contribution in [0.15, 0.2) is 0 Å². The van der Waals surface area contributed by atoms with Crippen LogP contribution in [0.3, 0.4) is 0 Å². The average molecular weight is 438 g/mol. The minimum absolute atomic E-state index is 0. The molecule has 0 aromatic rings. The molecule has 65 valence electrons. The smallest absolute Gasteiger partial charge is 0.263 e. The molecule has 0 saturated carbocycles. The first kappa shape index (κ1) is 22.4. The molecule has 3 nitrogen and oxygen atoms in total. The minimum atomic E-state index is -3.83. The fraction of sp³-hybridized carbons (Fsp3) is 0. The molecule has 0 saturated heterocycles. The van der Waals surface area contributed by atoms with Crippen molar-refractivity contribution in [2.75, 3.05) is 0 Å². The molecule has 0 aromatic heterocycles. The van der Waals surface area contributed by atoms with E-state index in [4.69, 9.17) is 13.3 Å². The Kier molecular flexibility index (Phi) is 26.7. The maximum Gasteiger partial charge on any atom is 0.263 e. The Balaban J connectivity index is -0.0000000267. The maximum absolute atomic E-state index is 9.11. The molecular weight excluding hydrogens is 436 g/mol. The topological polar surface area (TPSA) is 57.5 Å². The van der Waals surface area contributed by atoms with Crippen molar-refractivity contribution in [1.29, 1.82) is 0 Å². The molecule has 0 aliphatic heterocycles. The van der Waals surface area contributed by atoms with Crippen LogP contribution in [0.1, 0.15) is 0 Å². The van der Waals surface area contributed by atoms with Crippen LogP contribution in [0, 0.1) is 0 Å². The van der Waals surface area contributed by atoms with E-state index in [1.54, 1.807) is 0 Å². The van der Waals surface area contributed by atoms with Gasteiger partial charge in [-0.05, 0) is 0 Å². The largest absolute Gasteiger partial charge is 0.285 e. The van der Waals surface area contributed by atoms with Crippen LogP contribution in [0.5, 0.6) is 0 Å². The van der Waals surface area contributed by atoms with Gasteiger partial charge in [-0.25, -0.2) is 0 Å². The van der Waals surface area contributed by atoms with Crippen molar-refractivity contribution in [3.63, 3.8) is 0 Å². The molecule has 0 rings (SSSR count). The third-order valence-corrected chi connectivity index (χ3v) is 0. The van der Waals surface area contributed by atoms with Crippen LogP contribution in [0.25, 0.3) is 0 Å². The van der Waals surface area contributed by atoms with E-state index in [0.717, 1.165) is 0 Å². The molecule has 0 aliphatic carbocycles. The van der Waals surface area contributed by atoms with Gasteiger partial charge in [-0.2, -0.15) is 4.21 Å². The van der Waals surface area contributed by atoms with Gasteiger partial charge in [0, 0.05) is 78.3 Å². The number of rotatable bonds is 0. The van der Waals surface area contributed by atoms with Gasteiger partial charge in [0.25, 0.3) is 9.05 Å². The Morgan fingerprint density at radius 2 is 1.12 bits per heavy atom. The van der Waals surface area contributed by atoms with Crippen molar-refractivity contribution in [2.24, 2.45) is 0 Å². The van der Waals surface area contributed by atoms with Gasteiger partial charge in [-0.15, -0.1) is 0 Å². The van der Waals surface area contributed by atoms with Gasteiger partial charge in [-0.3, -0.25) is 9.11 Å². The van der Waals surface area contributed by atoms with Crippen LogP contribution < -0.4 is 0 Å². The van der Waals surface area contributed by atoms with E-state index in [0.29, 0.717) is 0 Å². The average Bonchev–Trinajstić information content (AvgIpc) is 0.722. The first-order valence-electron chi connectivity index (χ1n) is 0.698. The molecule has 0 unspecified atom stereocenters. The summed E-state index contributed by atoms with van der Waals surface area (Å²) in [5.41, 5.74) is 0.